The van der Waals surface area contributed by atoms with Crippen molar-refractivity contribution in [2.24, 2.45) is 5.73 Å². The Kier molecular flexibility index (Phi) is 6.44. The zero-order valence-corrected chi connectivity index (χ0v) is 17.6. The van der Waals surface area contributed by atoms with Crippen LogP contribution in [0.15, 0.2) is 24.3 Å². The molecule has 0 saturated carbocycles. The van der Waals surface area contributed by atoms with Crippen molar-refractivity contribution in [1.29, 1.82) is 0 Å². The lowest BCUT2D eigenvalue weighted by Gasteiger charge is -2.36. The smallest absolute Gasteiger partial charge is 0.303 e. The highest BCUT2D eigenvalue weighted by molar-refractivity contribution is 7.17. The standard InChI is InChI=1S/C17H20Cl2F2N5OP/c18-11-1-3-12(4-2-11)24-5-7-25(8-6-24)14(27)10-26-13(9-22)15(19)16(23-26)17(20,21)28/h1-4H,5-10,22,28H2. The number of nitrogens with zero attached hydrogens (tertiary/aromatic N) is 4. The summed E-state index contributed by atoms with van der Waals surface area (Å²) in [5.41, 5.74) is 2.98. The molecule has 2 N–H and O–H groups in total. The van der Waals surface area contributed by atoms with E-state index in [1.807, 2.05) is 24.3 Å². The van der Waals surface area contributed by atoms with E-state index in [0.717, 1.165) is 5.69 Å². The van der Waals surface area contributed by atoms with Crippen molar-refractivity contribution in [3.05, 3.63) is 45.7 Å². The summed E-state index contributed by atoms with van der Waals surface area (Å²) in [6, 6.07) is 7.51. The van der Waals surface area contributed by atoms with Crippen molar-refractivity contribution in [2.45, 2.75) is 18.8 Å². The molecule has 1 atom stereocenters. The molecule has 1 aromatic heterocycles. The normalized spacial score (nSPS) is 15.2. The van der Waals surface area contributed by atoms with Crippen molar-refractivity contribution in [2.75, 3.05) is 31.1 Å². The van der Waals surface area contributed by atoms with Gasteiger partial charge in [-0.1, -0.05) is 32.4 Å². The third-order valence-electron chi connectivity index (χ3n) is 4.61. The largest absolute Gasteiger partial charge is 0.368 e. The molecule has 6 nitrogen and oxygen atoms in total. The first-order valence-electron chi connectivity index (χ1n) is 8.61. The Hall–Kier alpha value is -1.47. The molecule has 1 unspecified atom stereocenters. The van der Waals surface area contributed by atoms with E-state index in [-0.39, 0.29) is 29.7 Å². The molecule has 0 spiro atoms. The summed E-state index contributed by atoms with van der Waals surface area (Å²) in [6.45, 7) is 2.07. The second-order valence-electron chi connectivity index (χ2n) is 6.44. The molecule has 0 aliphatic carbocycles. The number of carbonyl (C=O) groups excluding carboxylic acids is 1. The van der Waals surface area contributed by atoms with Gasteiger partial charge in [0, 0.05) is 43.4 Å². The van der Waals surface area contributed by atoms with Crippen molar-refractivity contribution in [3.8, 4) is 0 Å². The van der Waals surface area contributed by atoms with Crippen molar-refractivity contribution >= 4 is 44.0 Å². The Bertz CT molecular complexity index is 848. The number of anilines is 1. The Morgan fingerprint density at radius 2 is 1.79 bits per heavy atom. The topological polar surface area (TPSA) is 67.4 Å². The molecule has 3 rings (SSSR count). The van der Waals surface area contributed by atoms with Gasteiger partial charge in [-0.15, -0.1) is 0 Å². The molecular weight excluding hydrogens is 430 g/mol. The Balaban J connectivity index is 1.66. The van der Waals surface area contributed by atoms with Crippen LogP contribution in [0.4, 0.5) is 14.5 Å². The van der Waals surface area contributed by atoms with Gasteiger partial charge in [-0.25, -0.2) is 0 Å². The van der Waals surface area contributed by atoms with Gasteiger partial charge in [0.1, 0.15) is 6.54 Å². The number of rotatable bonds is 5. The van der Waals surface area contributed by atoms with Crippen molar-refractivity contribution < 1.29 is 13.6 Å². The monoisotopic (exact) mass is 449 g/mol. The van der Waals surface area contributed by atoms with Crippen molar-refractivity contribution in [3.63, 3.8) is 0 Å². The maximum Gasteiger partial charge on any atom is 0.303 e. The van der Waals surface area contributed by atoms with Crippen LogP contribution in [0.25, 0.3) is 0 Å². The average molecular weight is 450 g/mol. The first kappa shape index (κ1) is 21.2. The Morgan fingerprint density at radius 3 is 2.32 bits per heavy atom. The van der Waals surface area contributed by atoms with Gasteiger partial charge in [0.15, 0.2) is 5.69 Å². The Morgan fingerprint density at radius 1 is 1.18 bits per heavy atom. The Labute approximate surface area is 173 Å². The summed E-state index contributed by atoms with van der Waals surface area (Å²) in [7, 11) is 1.39. The van der Waals surface area contributed by atoms with Crippen LogP contribution in [-0.2, 0) is 23.5 Å². The number of amides is 1. The molecule has 2 heterocycles. The predicted molar refractivity (Wildman–Crippen MR) is 109 cm³/mol. The van der Waals surface area contributed by atoms with E-state index < -0.39 is 11.4 Å². The fourth-order valence-electron chi connectivity index (χ4n) is 3.11. The maximum absolute atomic E-state index is 13.6. The zero-order valence-electron chi connectivity index (χ0n) is 14.9. The van der Waals surface area contributed by atoms with Crippen LogP contribution in [-0.4, -0.2) is 46.8 Å². The van der Waals surface area contributed by atoms with E-state index in [1.54, 1.807) is 4.90 Å². The van der Waals surface area contributed by atoms with Gasteiger partial charge in [0.05, 0.1) is 10.7 Å². The molecule has 0 radical (unpaired) electrons. The van der Waals surface area contributed by atoms with Crippen LogP contribution in [0.2, 0.25) is 10.0 Å². The molecule has 28 heavy (non-hydrogen) atoms. The molecule has 0 bridgehead atoms. The van der Waals surface area contributed by atoms with Gasteiger partial charge in [-0.3, -0.25) is 9.48 Å². The van der Waals surface area contributed by atoms with E-state index in [1.165, 1.54) is 13.9 Å². The third-order valence-corrected chi connectivity index (χ3v) is 5.53. The predicted octanol–water partition coefficient (Wildman–Crippen LogP) is 2.92. The van der Waals surface area contributed by atoms with Gasteiger partial charge in [0.25, 0.3) is 0 Å². The molecule has 1 aliphatic heterocycles. The number of aromatic nitrogens is 2. The summed E-state index contributed by atoms with van der Waals surface area (Å²) in [4.78, 5) is 16.5. The molecule has 1 fully saturated rings. The first-order chi connectivity index (χ1) is 13.2. The molecule has 2 aromatic rings. The number of alkyl halides is 2. The van der Waals surface area contributed by atoms with Gasteiger partial charge in [0.2, 0.25) is 5.91 Å². The molecule has 1 amide bonds. The summed E-state index contributed by atoms with van der Waals surface area (Å²) in [5, 5.41) is 4.28. The lowest BCUT2D eigenvalue weighted by molar-refractivity contribution is -0.132. The SMILES string of the molecule is NCc1c(Cl)c(C(F)(F)P)nn1CC(=O)N1CCN(c2ccc(Cl)cc2)CC1. The zero-order chi connectivity index (χ0) is 20.5. The molecule has 152 valence electrons. The molecule has 1 aromatic carbocycles. The second kappa shape index (κ2) is 8.49. The summed E-state index contributed by atoms with van der Waals surface area (Å²) in [5.74, 6) is -0.219. The van der Waals surface area contributed by atoms with E-state index >= 15 is 0 Å². The highest BCUT2D eigenvalue weighted by Gasteiger charge is 2.34. The molecular formula is C17H20Cl2F2N5OP. The van der Waals surface area contributed by atoms with Crippen LogP contribution in [0.3, 0.4) is 0 Å². The van der Waals surface area contributed by atoms with E-state index in [4.69, 9.17) is 28.9 Å². The molecule has 11 heteroatoms. The highest BCUT2D eigenvalue weighted by Crippen LogP contribution is 2.39. The number of hydrogen-bond donors (Lipinski definition) is 1. The number of halogens is 4. The quantitative estimate of drug-likeness (QED) is 0.712. The number of benzene rings is 1. The van der Waals surface area contributed by atoms with Crippen LogP contribution >= 0.6 is 32.4 Å². The number of nitrogens with two attached hydrogens (primary N) is 1. The minimum Gasteiger partial charge on any atom is -0.368 e. The van der Waals surface area contributed by atoms with E-state index in [0.29, 0.717) is 31.2 Å². The minimum absolute atomic E-state index is 0.0931. The summed E-state index contributed by atoms with van der Waals surface area (Å²) < 4.78 is 28.4. The van der Waals surface area contributed by atoms with Crippen LogP contribution < -0.4 is 10.6 Å². The number of hydrogen-bond acceptors (Lipinski definition) is 4. The highest BCUT2D eigenvalue weighted by atomic mass is 35.5. The van der Waals surface area contributed by atoms with Crippen LogP contribution in [0.1, 0.15) is 11.4 Å². The third kappa shape index (κ3) is 4.57. The van der Waals surface area contributed by atoms with Gasteiger partial charge in [-0.05, 0) is 24.3 Å². The van der Waals surface area contributed by atoms with E-state index in [9.17, 15) is 13.6 Å². The van der Waals surface area contributed by atoms with Gasteiger partial charge in [-0.2, -0.15) is 13.9 Å². The van der Waals surface area contributed by atoms with E-state index in [2.05, 4.69) is 10.00 Å². The van der Waals surface area contributed by atoms with Crippen LogP contribution in [0.5, 0.6) is 0 Å². The minimum atomic E-state index is -3.29. The summed E-state index contributed by atoms with van der Waals surface area (Å²) >= 11 is 11.9. The molecule has 1 aliphatic rings. The number of carbonyl (C=O) groups is 1. The van der Waals surface area contributed by atoms with Crippen LogP contribution in [0, 0.1) is 0 Å². The maximum atomic E-state index is 13.6. The fraction of sp³-hybridized carbons (Fsp3) is 0.412. The second-order valence-corrected chi connectivity index (χ2v) is 7.98. The summed E-state index contributed by atoms with van der Waals surface area (Å²) in [6.07, 6.45) is 0. The average Bonchev–Trinajstić information content (AvgIpc) is 2.98. The fourth-order valence-corrected chi connectivity index (χ4v) is 3.87. The van der Waals surface area contributed by atoms with Gasteiger partial charge >= 0.3 is 5.66 Å². The number of piperazine rings is 1. The van der Waals surface area contributed by atoms with Crippen molar-refractivity contribution in [1.82, 2.24) is 14.7 Å². The molecule has 1 saturated heterocycles. The lowest BCUT2D eigenvalue weighted by Crippen LogP contribution is -2.49. The first-order valence-corrected chi connectivity index (χ1v) is 9.94. The van der Waals surface area contributed by atoms with Gasteiger partial charge < -0.3 is 15.5 Å². The lowest BCUT2D eigenvalue weighted by atomic mass is 10.2.